The van der Waals surface area contributed by atoms with E-state index in [-0.39, 0.29) is 25.6 Å². The van der Waals surface area contributed by atoms with Gasteiger partial charge in [0.2, 0.25) is 0 Å². The van der Waals surface area contributed by atoms with Crippen molar-refractivity contribution in [3.05, 3.63) is 0 Å². The summed E-state index contributed by atoms with van der Waals surface area (Å²) in [5, 5.41) is 0. The van der Waals surface area contributed by atoms with Crippen LogP contribution in [0.2, 0.25) is 0 Å². The van der Waals surface area contributed by atoms with Gasteiger partial charge in [0.15, 0.2) is 6.10 Å². The summed E-state index contributed by atoms with van der Waals surface area (Å²) in [6.45, 7) is 4.37. The summed E-state index contributed by atoms with van der Waals surface area (Å²) in [4.78, 5) is 34.9. The van der Waals surface area contributed by atoms with E-state index >= 15 is 0 Å². The van der Waals surface area contributed by atoms with Crippen LogP contribution in [0, 0.1) is 0 Å². The van der Waals surface area contributed by atoms with Crippen molar-refractivity contribution in [2.45, 2.75) is 161 Å². The Balaban J connectivity index is 4.46. The molecule has 2 atom stereocenters. The lowest BCUT2D eigenvalue weighted by Crippen LogP contribution is -2.37. The van der Waals surface area contributed by atoms with Gasteiger partial charge in [0, 0.05) is 12.8 Å². The molecule has 0 saturated heterocycles. The maximum Gasteiger partial charge on any atom is 0.472 e. The zero-order valence-corrected chi connectivity index (χ0v) is 30.1. The highest BCUT2D eigenvalue weighted by molar-refractivity contribution is 7.47. The Hall–Kier alpha value is -0.990. The average molecular weight is 651 g/mol. The number of esters is 2. The third-order valence-electron chi connectivity index (χ3n) is 7.64. The second-order valence-corrected chi connectivity index (χ2v) is 14.7. The highest BCUT2D eigenvalue weighted by atomic mass is 31.2. The molecule has 0 fully saturated rings. The fourth-order valence-electron chi connectivity index (χ4n) is 4.78. The van der Waals surface area contributed by atoms with Crippen molar-refractivity contribution in [3.8, 4) is 0 Å². The molecule has 0 aliphatic heterocycles. The quantitative estimate of drug-likeness (QED) is 0.0333. The summed E-state index contributed by atoms with van der Waals surface area (Å²) in [5.41, 5.74) is 0. The Morgan fingerprint density at radius 3 is 1.45 bits per heavy atom. The minimum atomic E-state index is -4.35. The fourth-order valence-corrected chi connectivity index (χ4v) is 5.52. The Morgan fingerprint density at radius 1 is 0.614 bits per heavy atom. The number of carbonyl (C=O) groups is 2. The van der Waals surface area contributed by atoms with Crippen molar-refractivity contribution in [1.29, 1.82) is 0 Å². The van der Waals surface area contributed by atoms with Crippen LogP contribution in [0.15, 0.2) is 0 Å². The number of likely N-dealkylation sites (N-methyl/N-ethyl adjacent to an activating group) is 1. The molecule has 0 saturated carbocycles. The van der Waals surface area contributed by atoms with E-state index in [2.05, 4.69) is 13.8 Å². The van der Waals surface area contributed by atoms with Crippen LogP contribution in [0.25, 0.3) is 0 Å². The fraction of sp³-hybridized carbons (Fsp3) is 0.941. The van der Waals surface area contributed by atoms with Gasteiger partial charge in [-0.3, -0.25) is 18.6 Å². The number of rotatable bonds is 32. The number of quaternary nitrogens is 1. The normalized spacial score (nSPS) is 13.9. The molecule has 44 heavy (non-hydrogen) atoms. The lowest BCUT2D eigenvalue weighted by Gasteiger charge is -2.24. The van der Waals surface area contributed by atoms with E-state index in [0.717, 1.165) is 32.1 Å². The number of hydrogen-bond donors (Lipinski definition) is 1. The predicted molar refractivity (Wildman–Crippen MR) is 178 cm³/mol. The monoisotopic (exact) mass is 650 g/mol. The summed E-state index contributed by atoms with van der Waals surface area (Å²) in [6, 6.07) is 0. The van der Waals surface area contributed by atoms with Gasteiger partial charge >= 0.3 is 19.8 Å². The first-order valence-corrected chi connectivity index (χ1v) is 19.3. The topological polar surface area (TPSA) is 108 Å². The molecular formula is C34H69NO8P+. The highest BCUT2D eigenvalue weighted by Crippen LogP contribution is 2.43. The standard InChI is InChI=1S/C34H68NO8P/c1-6-8-10-12-14-16-17-18-19-21-23-25-27-34(37)43-32(31-42-44(38,39)41-29-28-35(3,4)5)30-40-33(36)26-24-22-20-15-13-11-9-7-2/h32H,6-31H2,1-5H3/p+1/t32-/m1/s1. The molecule has 9 nitrogen and oxygen atoms in total. The van der Waals surface area contributed by atoms with E-state index in [1.165, 1.54) is 89.9 Å². The molecule has 0 bridgehead atoms. The van der Waals surface area contributed by atoms with Crippen LogP contribution in [0.4, 0.5) is 0 Å². The third-order valence-corrected chi connectivity index (χ3v) is 8.62. The first kappa shape index (κ1) is 43.0. The maximum atomic E-state index is 12.5. The number of nitrogens with zero attached hydrogens (tertiary/aromatic N) is 1. The third kappa shape index (κ3) is 31.0. The Bertz CT molecular complexity index is 743. The molecule has 10 heteroatoms. The SMILES string of the molecule is CCCCCCCCCCCCCCC(=O)O[C@H](COC(=O)CCCCCCCCCC)COP(=O)(O)OCC[N+](C)(C)C. The highest BCUT2D eigenvalue weighted by Gasteiger charge is 2.27. The predicted octanol–water partition coefficient (Wildman–Crippen LogP) is 8.90. The number of carbonyl (C=O) groups excluding carboxylic acids is 2. The van der Waals surface area contributed by atoms with Gasteiger partial charge in [-0.15, -0.1) is 0 Å². The number of unbranched alkanes of at least 4 members (excludes halogenated alkanes) is 18. The molecule has 0 spiro atoms. The molecule has 0 aromatic carbocycles. The summed E-state index contributed by atoms with van der Waals surface area (Å²) in [5.74, 6) is -0.798. The van der Waals surface area contributed by atoms with E-state index in [1.807, 2.05) is 21.1 Å². The van der Waals surface area contributed by atoms with Crippen molar-refractivity contribution >= 4 is 19.8 Å². The van der Waals surface area contributed by atoms with Gasteiger partial charge in [-0.2, -0.15) is 0 Å². The van der Waals surface area contributed by atoms with Crippen molar-refractivity contribution in [3.63, 3.8) is 0 Å². The van der Waals surface area contributed by atoms with Crippen molar-refractivity contribution in [2.24, 2.45) is 0 Å². The second kappa shape index (κ2) is 28.3. The zero-order chi connectivity index (χ0) is 32.9. The minimum absolute atomic E-state index is 0.0360. The Morgan fingerprint density at radius 2 is 1.02 bits per heavy atom. The average Bonchev–Trinajstić information content (AvgIpc) is 2.95. The molecule has 0 aromatic heterocycles. The number of phosphoric acid groups is 1. The van der Waals surface area contributed by atoms with Crippen LogP contribution in [-0.2, 0) is 32.7 Å². The van der Waals surface area contributed by atoms with Gasteiger partial charge in [-0.1, -0.05) is 129 Å². The molecule has 0 aliphatic rings. The molecule has 1 N–H and O–H groups in total. The van der Waals surface area contributed by atoms with Gasteiger partial charge in [-0.25, -0.2) is 4.57 Å². The zero-order valence-electron chi connectivity index (χ0n) is 29.2. The van der Waals surface area contributed by atoms with Crippen LogP contribution in [0.5, 0.6) is 0 Å². The van der Waals surface area contributed by atoms with Gasteiger partial charge in [0.1, 0.15) is 19.8 Å². The number of hydrogen-bond acceptors (Lipinski definition) is 7. The lowest BCUT2D eigenvalue weighted by molar-refractivity contribution is -0.870. The van der Waals surface area contributed by atoms with E-state index in [9.17, 15) is 19.0 Å². The van der Waals surface area contributed by atoms with E-state index in [4.69, 9.17) is 18.5 Å². The molecule has 1 unspecified atom stereocenters. The molecule has 0 heterocycles. The van der Waals surface area contributed by atoms with Gasteiger partial charge < -0.3 is 18.9 Å². The van der Waals surface area contributed by atoms with Gasteiger partial charge in [-0.05, 0) is 12.8 Å². The molecule has 0 aliphatic carbocycles. The summed E-state index contributed by atoms with van der Waals surface area (Å²) >= 11 is 0. The molecule has 0 amide bonds. The molecule has 262 valence electrons. The van der Waals surface area contributed by atoms with Crippen LogP contribution >= 0.6 is 7.82 Å². The van der Waals surface area contributed by atoms with Crippen LogP contribution in [0.3, 0.4) is 0 Å². The van der Waals surface area contributed by atoms with Gasteiger partial charge in [0.05, 0.1) is 27.7 Å². The van der Waals surface area contributed by atoms with E-state index in [0.29, 0.717) is 23.9 Å². The smallest absolute Gasteiger partial charge is 0.462 e. The maximum absolute atomic E-state index is 12.5. The van der Waals surface area contributed by atoms with E-state index < -0.39 is 26.5 Å². The lowest BCUT2D eigenvalue weighted by atomic mass is 10.0. The number of ether oxygens (including phenoxy) is 2. The second-order valence-electron chi connectivity index (χ2n) is 13.3. The Kier molecular flexibility index (Phi) is 27.6. The molecule has 0 aromatic rings. The van der Waals surface area contributed by atoms with Crippen LogP contribution in [0.1, 0.15) is 155 Å². The van der Waals surface area contributed by atoms with Crippen molar-refractivity contribution < 1.29 is 42.1 Å². The molecule has 0 radical (unpaired) electrons. The van der Waals surface area contributed by atoms with E-state index in [1.54, 1.807) is 0 Å². The first-order chi connectivity index (χ1) is 21.0. The molecular weight excluding hydrogens is 581 g/mol. The van der Waals surface area contributed by atoms with Crippen LogP contribution in [-0.4, -0.2) is 74.9 Å². The number of phosphoric ester groups is 1. The van der Waals surface area contributed by atoms with Crippen LogP contribution < -0.4 is 0 Å². The van der Waals surface area contributed by atoms with Crippen molar-refractivity contribution in [2.75, 3.05) is 47.5 Å². The Labute approximate surface area is 270 Å². The first-order valence-electron chi connectivity index (χ1n) is 17.8. The summed E-state index contributed by atoms with van der Waals surface area (Å²) in [6.07, 6.45) is 23.0. The molecule has 0 rings (SSSR count). The summed E-state index contributed by atoms with van der Waals surface area (Å²) < 4.78 is 34.0. The summed E-state index contributed by atoms with van der Waals surface area (Å²) in [7, 11) is 1.48. The minimum Gasteiger partial charge on any atom is -0.462 e. The van der Waals surface area contributed by atoms with Crippen molar-refractivity contribution in [1.82, 2.24) is 0 Å². The largest absolute Gasteiger partial charge is 0.472 e. The van der Waals surface area contributed by atoms with Gasteiger partial charge in [0.25, 0.3) is 0 Å².